The van der Waals surface area contributed by atoms with E-state index in [2.05, 4.69) is 15.6 Å². The largest absolute Gasteiger partial charge is 0.367 e. The Hall–Kier alpha value is -1.58. The van der Waals surface area contributed by atoms with Gasteiger partial charge in [-0.25, -0.2) is 4.98 Å². The number of aromatic nitrogens is 1. The molecule has 0 radical (unpaired) electrons. The van der Waals surface area contributed by atoms with Gasteiger partial charge in [0.15, 0.2) is 0 Å². The number of nitrogens with zero attached hydrogens (tertiary/aromatic N) is 1. The van der Waals surface area contributed by atoms with E-state index in [0.29, 0.717) is 6.04 Å². The van der Waals surface area contributed by atoms with Gasteiger partial charge >= 0.3 is 0 Å². The monoisotopic (exact) mass is 231 g/mol. The molecule has 0 aromatic carbocycles. The SMILES string of the molecule is O=C(Nc1ccc(NC2CC2)nc1)C1CCC1. The van der Waals surface area contributed by atoms with Gasteiger partial charge in [-0.3, -0.25) is 4.79 Å². The number of nitrogens with one attached hydrogen (secondary N) is 2. The molecule has 2 fully saturated rings. The maximum atomic E-state index is 11.7. The van der Waals surface area contributed by atoms with Crippen molar-refractivity contribution in [3.8, 4) is 0 Å². The van der Waals surface area contributed by atoms with Crippen molar-refractivity contribution in [1.29, 1.82) is 0 Å². The van der Waals surface area contributed by atoms with Crippen molar-refractivity contribution in [2.24, 2.45) is 5.92 Å². The van der Waals surface area contributed by atoms with Crippen LogP contribution in [-0.4, -0.2) is 16.9 Å². The maximum Gasteiger partial charge on any atom is 0.227 e. The minimum absolute atomic E-state index is 0.140. The van der Waals surface area contributed by atoms with Crippen LogP contribution >= 0.6 is 0 Å². The minimum atomic E-state index is 0.140. The number of rotatable bonds is 4. The topological polar surface area (TPSA) is 54.0 Å². The van der Waals surface area contributed by atoms with Gasteiger partial charge in [-0.1, -0.05) is 6.42 Å². The van der Waals surface area contributed by atoms with E-state index >= 15 is 0 Å². The number of amides is 1. The van der Waals surface area contributed by atoms with E-state index in [9.17, 15) is 4.79 Å². The molecule has 3 rings (SSSR count). The van der Waals surface area contributed by atoms with Crippen molar-refractivity contribution in [1.82, 2.24) is 4.98 Å². The summed E-state index contributed by atoms with van der Waals surface area (Å²) in [7, 11) is 0. The van der Waals surface area contributed by atoms with Crippen LogP contribution in [0.4, 0.5) is 11.5 Å². The Labute approximate surface area is 101 Å². The summed E-state index contributed by atoms with van der Waals surface area (Å²) in [5.41, 5.74) is 0.795. The molecule has 0 unspecified atom stereocenters. The van der Waals surface area contributed by atoms with E-state index in [1.54, 1.807) is 6.20 Å². The molecule has 0 aliphatic heterocycles. The Morgan fingerprint density at radius 1 is 1.24 bits per heavy atom. The zero-order valence-corrected chi connectivity index (χ0v) is 9.78. The van der Waals surface area contributed by atoms with E-state index in [1.807, 2.05) is 12.1 Å². The van der Waals surface area contributed by atoms with Crippen LogP contribution in [0.1, 0.15) is 32.1 Å². The molecule has 1 amide bonds. The van der Waals surface area contributed by atoms with Gasteiger partial charge in [0.1, 0.15) is 5.82 Å². The molecular weight excluding hydrogens is 214 g/mol. The number of pyridine rings is 1. The third kappa shape index (κ3) is 2.57. The number of hydrogen-bond acceptors (Lipinski definition) is 3. The molecule has 2 saturated carbocycles. The molecule has 0 bridgehead atoms. The molecule has 90 valence electrons. The minimum Gasteiger partial charge on any atom is -0.367 e. The van der Waals surface area contributed by atoms with Crippen LogP contribution in [0.2, 0.25) is 0 Å². The summed E-state index contributed by atoms with van der Waals surface area (Å²) in [6.45, 7) is 0. The van der Waals surface area contributed by atoms with Crippen molar-refractivity contribution in [2.45, 2.75) is 38.1 Å². The second-order valence-electron chi connectivity index (χ2n) is 4.97. The molecule has 0 atom stereocenters. The molecule has 1 aromatic rings. The van der Waals surface area contributed by atoms with Gasteiger partial charge in [-0.15, -0.1) is 0 Å². The number of hydrogen-bond donors (Lipinski definition) is 2. The van der Waals surface area contributed by atoms with Crippen LogP contribution in [-0.2, 0) is 4.79 Å². The molecule has 1 aromatic heterocycles. The summed E-state index contributed by atoms with van der Waals surface area (Å²) < 4.78 is 0. The second-order valence-corrected chi connectivity index (χ2v) is 4.97. The molecule has 1 heterocycles. The molecule has 2 N–H and O–H groups in total. The zero-order chi connectivity index (χ0) is 11.7. The van der Waals surface area contributed by atoms with Gasteiger partial charge in [0.2, 0.25) is 5.91 Å². The predicted molar refractivity (Wildman–Crippen MR) is 66.9 cm³/mol. The predicted octanol–water partition coefficient (Wildman–Crippen LogP) is 2.39. The Morgan fingerprint density at radius 2 is 2.06 bits per heavy atom. The van der Waals surface area contributed by atoms with Gasteiger partial charge in [-0.2, -0.15) is 0 Å². The van der Waals surface area contributed by atoms with Crippen LogP contribution < -0.4 is 10.6 Å². The molecule has 0 saturated heterocycles. The summed E-state index contributed by atoms with van der Waals surface area (Å²) >= 11 is 0. The van der Waals surface area contributed by atoms with Crippen molar-refractivity contribution in [3.05, 3.63) is 18.3 Å². The Kier molecular flexibility index (Phi) is 2.71. The molecule has 2 aliphatic carbocycles. The van der Waals surface area contributed by atoms with Gasteiger partial charge in [-0.05, 0) is 37.8 Å². The fraction of sp³-hybridized carbons (Fsp3) is 0.538. The average molecular weight is 231 g/mol. The van der Waals surface area contributed by atoms with E-state index in [1.165, 1.54) is 19.3 Å². The highest BCUT2D eigenvalue weighted by Crippen LogP contribution is 2.28. The lowest BCUT2D eigenvalue weighted by molar-refractivity contribution is -0.122. The van der Waals surface area contributed by atoms with E-state index < -0.39 is 0 Å². The van der Waals surface area contributed by atoms with Crippen molar-refractivity contribution < 1.29 is 4.79 Å². The van der Waals surface area contributed by atoms with Crippen molar-refractivity contribution >= 4 is 17.4 Å². The lowest BCUT2D eigenvalue weighted by Gasteiger charge is -2.23. The van der Waals surface area contributed by atoms with Crippen LogP contribution in [0.3, 0.4) is 0 Å². The smallest absolute Gasteiger partial charge is 0.227 e. The molecular formula is C13H17N3O. The van der Waals surface area contributed by atoms with E-state index in [0.717, 1.165) is 24.3 Å². The summed E-state index contributed by atoms with van der Waals surface area (Å²) in [6.07, 6.45) is 7.44. The number of carbonyl (C=O) groups is 1. The molecule has 4 nitrogen and oxygen atoms in total. The summed E-state index contributed by atoms with van der Waals surface area (Å²) in [5, 5.41) is 6.23. The molecule has 0 spiro atoms. The average Bonchev–Trinajstić information content (AvgIpc) is 3.02. The van der Waals surface area contributed by atoms with Crippen molar-refractivity contribution in [3.63, 3.8) is 0 Å². The van der Waals surface area contributed by atoms with E-state index in [-0.39, 0.29) is 11.8 Å². The third-order valence-electron chi connectivity index (χ3n) is 3.44. The van der Waals surface area contributed by atoms with Crippen LogP contribution in [0.15, 0.2) is 18.3 Å². The lowest BCUT2D eigenvalue weighted by Crippen LogP contribution is -2.28. The molecule has 2 aliphatic rings. The zero-order valence-electron chi connectivity index (χ0n) is 9.78. The summed E-state index contributed by atoms with van der Waals surface area (Å²) in [6, 6.07) is 4.45. The second kappa shape index (κ2) is 4.35. The highest BCUT2D eigenvalue weighted by Gasteiger charge is 2.25. The first kappa shape index (κ1) is 10.6. The number of anilines is 2. The fourth-order valence-corrected chi connectivity index (χ4v) is 1.90. The first-order valence-corrected chi connectivity index (χ1v) is 6.35. The first-order chi connectivity index (χ1) is 8.31. The Bertz CT molecular complexity index is 407. The lowest BCUT2D eigenvalue weighted by atomic mass is 9.85. The Balaban J connectivity index is 1.56. The normalized spacial score (nSPS) is 19.5. The fourth-order valence-electron chi connectivity index (χ4n) is 1.90. The summed E-state index contributed by atoms with van der Waals surface area (Å²) in [5.74, 6) is 1.26. The standard InChI is InChI=1S/C13H17N3O/c17-13(9-2-1-3-9)16-11-6-7-12(14-8-11)15-10-4-5-10/h6-10H,1-5H2,(H,14,15)(H,16,17). The highest BCUT2D eigenvalue weighted by atomic mass is 16.1. The Morgan fingerprint density at radius 3 is 2.59 bits per heavy atom. The van der Waals surface area contributed by atoms with Gasteiger partial charge < -0.3 is 10.6 Å². The van der Waals surface area contributed by atoms with Crippen LogP contribution in [0.25, 0.3) is 0 Å². The van der Waals surface area contributed by atoms with E-state index in [4.69, 9.17) is 0 Å². The van der Waals surface area contributed by atoms with Gasteiger partial charge in [0, 0.05) is 12.0 Å². The molecule has 17 heavy (non-hydrogen) atoms. The molecule has 4 heteroatoms. The third-order valence-corrected chi connectivity index (χ3v) is 3.44. The maximum absolute atomic E-state index is 11.7. The number of carbonyl (C=O) groups excluding carboxylic acids is 1. The first-order valence-electron chi connectivity index (χ1n) is 6.35. The quantitative estimate of drug-likeness (QED) is 0.836. The van der Waals surface area contributed by atoms with Crippen LogP contribution in [0, 0.1) is 5.92 Å². The highest BCUT2D eigenvalue weighted by molar-refractivity contribution is 5.92. The van der Waals surface area contributed by atoms with Crippen molar-refractivity contribution in [2.75, 3.05) is 10.6 Å². The van der Waals surface area contributed by atoms with Crippen LogP contribution in [0.5, 0.6) is 0 Å². The van der Waals surface area contributed by atoms with Gasteiger partial charge in [0.25, 0.3) is 0 Å². The van der Waals surface area contributed by atoms with Gasteiger partial charge in [0.05, 0.1) is 11.9 Å². The summed E-state index contributed by atoms with van der Waals surface area (Å²) in [4.78, 5) is 16.0.